The number of methoxy groups -OCH3 is 2. The second-order valence-electron chi connectivity index (χ2n) is 10.0. The molecule has 1 saturated heterocycles. The van der Waals surface area contributed by atoms with Crippen LogP contribution in [0.2, 0.25) is 0 Å². The number of para-hydroxylation sites is 1. The summed E-state index contributed by atoms with van der Waals surface area (Å²) in [6.07, 6.45) is -0.192. The van der Waals surface area contributed by atoms with Crippen molar-refractivity contribution in [3.63, 3.8) is 0 Å². The highest BCUT2D eigenvalue weighted by Gasteiger charge is 2.59. The smallest absolute Gasteiger partial charge is 0.302 e. The molecule has 1 N–H and O–H groups in total. The minimum absolute atomic E-state index is 0.0886. The van der Waals surface area contributed by atoms with E-state index < -0.39 is 17.6 Å². The van der Waals surface area contributed by atoms with Crippen LogP contribution in [-0.2, 0) is 15.0 Å². The van der Waals surface area contributed by atoms with E-state index in [4.69, 9.17) is 16.0 Å². The molecular weight excluding hydrogens is 472 g/mol. The molecule has 2 aromatic rings. The maximum Gasteiger partial charge on any atom is 0.302 e. The topological polar surface area (TPSA) is 92.5 Å². The number of ether oxygens (including phenoxy) is 2. The average molecular weight is 505 g/mol. The van der Waals surface area contributed by atoms with Gasteiger partial charge in [0.05, 0.1) is 20.6 Å². The van der Waals surface area contributed by atoms with E-state index in [1.54, 1.807) is 25.2 Å². The van der Waals surface area contributed by atoms with Gasteiger partial charge in [0.1, 0.15) is 23.0 Å². The number of likely N-dealkylation sites (N-methyl/N-ethyl adjacent to an activating group) is 1. The molecule has 0 bridgehead atoms. The molecular formula is C28H32N4O5. The molecule has 3 amide bonds. The largest absolute Gasteiger partial charge is 0.497 e. The first-order valence-corrected chi connectivity index (χ1v) is 12.2. The number of benzene rings is 2. The van der Waals surface area contributed by atoms with Crippen LogP contribution in [0.4, 0.5) is 5.69 Å². The second-order valence-corrected chi connectivity index (χ2v) is 10.0. The minimum atomic E-state index is -0.980. The predicted octanol–water partition coefficient (Wildman–Crippen LogP) is 3.56. The van der Waals surface area contributed by atoms with E-state index in [9.17, 15) is 14.4 Å². The first-order valence-electron chi connectivity index (χ1n) is 12.2. The van der Waals surface area contributed by atoms with Crippen molar-refractivity contribution < 1.29 is 23.9 Å². The second kappa shape index (κ2) is 10.1. The van der Waals surface area contributed by atoms with Gasteiger partial charge in [-0.3, -0.25) is 24.1 Å². The zero-order chi connectivity index (χ0) is 26.9. The lowest BCUT2D eigenvalue weighted by Gasteiger charge is -2.32. The van der Waals surface area contributed by atoms with Gasteiger partial charge in [0.25, 0.3) is 11.8 Å². The van der Waals surface area contributed by atoms with E-state index in [0.717, 1.165) is 5.56 Å². The summed E-state index contributed by atoms with van der Waals surface area (Å²) >= 11 is 0. The molecule has 9 nitrogen and oxygen atoms in total. The van der Waals surface area contributed by atoms with Gasteiger partial charge in [0, 0.05) is 30.9 Å². The lowest BCUT2D eigenvalue weighted by atomic mass is 9.80. The number of rotatable bonds is 7. The van der Waals surface area contributed by atoms with Crippen LogP contribution in [-0.4, -0.2) is 67.5 Å². The molecule has 0 aliphatic carbocycles. The number of amides is 3. The van der Waals surface area contributed by atoms with E-state index in [0.29, 0.717) is 29.2 Å². The minimum Gasteiger partial charge on any atom is -0.497 e. The van der Waals surface area contributed by atoms with Crippen LogP contribution in [0.3, 0.4) is 0 Å². The highest BCUT2D eigenvalue weighted by atomic mass is 16.5. The molecule has 0 saturated carbocycles. The molecule has 0 aromatic heterocycles. The highest BCUT2D eigenvalue weighted by Crippen LogP contribution is 2.47. The average Bonchev–Trinajstić information content (AvgIpc) is 3.43. The molecule has 1 spiro atoms. The molecule has 1 fully saturated rings. The summed E-state index contributed by atoms with van der Waals surface area (Å²) in [4.78, 5) is 47.4. The number of carbonyl (C=O) groups excluding carboxylic acids is 3. The number of hydrogen-bond donors (Lipinski definition) is 1. The van der Waals surface area contributed by atoms with Crippen LogP contribution in [0.25, 0.3) is 4.85 Å². The third-order valence-corrected chi connectivity index (χ3v) is 7.25. The Hall–Kier alpha value is -4.06. The Morgan fingerprint density at radius 2 is 1.84 bits per heavy atom. The van der Waals surface area contributed by atoms with Crippen molar-refractivity contribution in [3.8, 4) is 11.5 Å². The molecule has 2 aliphatic heterocycles. The van der Waals surface area contributed by atoms with Crippen LogP contribution < -0.4 is 14.8 Å². The zero-order valence-electron chi connectivity index (χ0n) is 21.8. The first kappa shape index (κ1) is 26.0. The Balaban J connectivity index is 1.66. The fourth-order valence-electron chi connectivity index (χ4n) is 5.29. The Kier molecular flexibility index (Phi) is 7.12. The number of anilines is 1. The van der Waals surface area contributed by atoms with Crippen molar-refractivity contribution in [2.45, 2.75) is 44.3 Å². The van der Waals surface area contributed by atoms with Gasteiger partial charge in [0.15, 0.2) is 0 Å². The molecule has 0 radical (unpaired) electrons. The SMILES string of the molecule is [C-]#[N+][C@@H]1C[C@@]2(CN1C(=O)[C@H](CC(C)C)N(C)C(=O)c1cc(OC)cc(OC)c1)C(=O)Nc1ccccc12. The quantitative estimate of drug-likeness (QED) is 0.582. The number of nitrogens with one attached hydrogen (secondary N) is 1. The molecule has 37 heavy (non-hydrogen) atoms. The van der Waals surface area contributed by atoms with Crippen molar-refractivity contribution >= 4 is 23.4 Å². The number of fused-ring (bicyclic) bond motifs is 2. The van der Waals surface area contributed by atoms with E-state index in [-0.39, 0.29) is 36.6 Å². The Bertz CT molecular complexity index is 1250. The van der Waals surface area contributed by atoms with Gasteiger partial charge in [-0.2, -0.15) is 0 Å². The van der Waals surface area contributed by atoms with Crippen molar-refractivity contribution in [3.05, 3.63) is 65.0 Å². The molecule has 2 aromatic carbocycles. The summed E-state index contributed by atoms with van der Waals surface area (Å²) in [5.74, 6) is 0.114. The van der Waals surface area contributed by atoms with Gasteiger partial charge < -0.3 is 19.7 Å². The van der Waals surface area contributed by atoms with Crippen LogP contribution in [0.1, 0.15) is 42.6 Å². The lowest BCUT2D eigenvalue weighted by molar-refractivity contribution is -0.136. The highest BCUT2D eigenvalue weighted by molar-refractivity contribution is 6.07. The van der Waals surface area contributed by atoms with Crippen LogP contribution in [0.15, 0.2) is 42.5 Å². The number of carbonyl (C=O) groups is 3. The van der Waals surface area contributed by atoms with Crippen LogP contribution >= 0.6 is 0 Å². The van der Waals surface area contributed by atoms with Gasteiger partial charge in [-0.05, 0) is 36.1 Å². The molecule has 2 aliphatic rings. The van der Waals surface area contributed by atoms with Gasteiger partial charge in [0.2, 0.25) is 5.91 Å². The standard InChI is InChI=1S/C28H32N4O5/c1-17(2)11-23(31(4)25(33)18-12-19(36-5)14-20(13-18)37-6)26(34)32-16-28(15-24(32)29-3)21-9-7-8-10-22(21)30-27(28)35/h7-10,12-14,17,23-24H,11,15-16H2,1-2,4-6H3,(H,30,35)/t23-,24-,28-/m0/s1. The maximum atomic E-state index is 14.0. The van der Waals surface area contributed by atoms with E-state index in [1.807, 2.05) is 38.1 Å². The Labute approximate surface area is 217 Å². The van der Waals surface area contributed by atoms with Crippen molar-refractivity contribution in [1.29, 1.82) is 0 Å². The van der Waals surface area contributed by atoms with Gasteiger partial charge in [-0.1, -0.05) is 32.0 Å². The van der Waals surface area contributed by atoms with Crippen molar-refractivity contribution in [2.75, 3.05) is 33.1 Å². The van der Waals surface area contributed by atoms with Crippen molar-refractivity contribution in [2.24, 2.45) is 5.92 Å². The van der Waals surface area contributed by atoms with Crippen LogP contribution in [0.5, 0.6) is 11.5 Å². The maximum absolute atomic E-state index is 14.0. The summed E-state index contributed by atoms with van der Waals surface area (Å²) in [6, 6.07) is 11.5. The Morgan fingerprint density at radius 1 is 1.19 bits per heavy atom. The fraction of sp³-hybridized carbons (Fsp3) is 0.429. The third kappa shape index (κ3) is 4.59. The molecule has 3 atom stereocenters. The summed E-state index contributed by atoms with van der Waals surface area (Å²) < 4.78 is 10.6. The van der Waals surface area contributed by atoms with Gasteiger partial charge in [-0.25, -0.2) is 6.57 Å². The predicted molar refractivity (Wildman–Crippen MR) is 138 cm³/mol. The Morgan fingerprint density at radius 3 is 2.43 bits per heavy atom. The molecule has 2 heterocycles. The lowest BCUT2D eigenvalue weighted by Crippen LogP contribution is -2.51. The summed E-state index contributed by atoms with van der Waals surface area (Å²) in [5, 5.41) is 2.91. The third-order valence-electron chi connectivity index (χ3n) is 7.25. The van der Waals surface area contributed by atoms with Crippen LogP contribution in [0, 0.1) is 12.5 Å². The van der Waals surface area contributed by atoms with E-state index in [1.165, 1.54) is 24.0 Å². The molecule has 4 rings (SSSR count). The summed E-state index contributed by atoms with van der Waals surface area (Å²) in [6.45, 7) is 11.9. The number of nitrogens with zero attached hydrogens (tertiary/aromatic N) is 3. The zero-order valence-corrected chi connectivity index (χ0v) is 21.8. The fourth-order valence-corrected chi connectivity index (χ4v) is 5.29. The monoisotopic (exact) mass is 504 g/mol. The molecule has 0 unspecified atom stereocenters. The van der Waals surface area contributed by atoms with Gasteiger partial charge in [-0.15, -0.1) is 0 Å². The summed E-state index contributed by atoms with van der Waals surface area (Å²) in [7, 11) is 4.60. The normalized spacial score (nSPS) is 20.8. The van der Waals surface area contributed by atoms with Crippen molar-refractivity contribution in [1.82, 2.24) is 9.80 Å². The van der Waals surface area contributed by atoms with Gasteiger partial charge >= 0.3 is 6.17 Å². The van der Waals surface area contributed by atoms with E-state index >= 15 is 0 Å². The van der Waals surface area contributed by atoms with E-state index in [2.05, 4.69) is 10.2 Å². The first-order chi connectivity index (χ1) is 17.6. The summed E-state index contributed by atoms with van der Waals surface area (Å²) in [5.41, 5.74) is 0.858. The molecule has 9 heteroatoms. The number of hydrogen-bond acceptors (Lipinski definition) is 5. The molecule has 194 valence electrons. The number of likely N-dealkylation sites (tertiary alicyclic amines) is 1.